The van der Waals surface area contributed by atoms with Gasteiger partial charge in [0.15, 0.2) is 0 Å². The molecule has 1 fully saturated rings. The maximum Gasteiger partial charge on any atom is 0.323 e. The van der Waals surface area contributed by atoms with Gasteiger partial charge in [-0.25, -0.2) is 0 Å². The fraction of sp³-hybridized carbons (Fsp3) is 0.381. The molecular weight excluding hydrogens is 312 g/mol. The highest BCUT2D eigenvalue weighted by Crippen LogP contribution is 2.29. The Balaban J connectivity index is 1.88. The van der Waals surface area contributed by atoms with Crippen LogP contribution >= 0.6 is 0 Å². The summed E-state index contributed by atoms with van der Waals surface area (Å²) < 4.78 is 5.04. The summed E-state index contributed by atoms with van der Waals surface area (Å²) in [5.41, 5.74) is 2.54. The van der Waals surface area contributed by atoms with Crippen molar-refractivity contribution in [3.8, 4) is 0 Å². The van der Waals surface area contributed by atoms with E-state index in [4.69, 9.17) is 4.74 Å². The number of benzene rings is 2. The predicted molar refractivity (Wildman–Crippen MR) is 99.6 cm³/mol. The molecule has 0 aliphatic carbocycles. The van der Waals surface area contributed by atoms with Gasteiger partial charge in [-0.15, -0.1) is 0 Å². The van der Waals surface area contributed by atoms with Crippen LogP contribution in [-0.2, 0) is 9.53 Å². The number of nitrogens with one attached hydrogen (secondary N) is 1. The SMILES string of the molecule is CNC1CC(C(=O)OC)N(CC(c2ccccc2)c2ccccc2)C1. The summed E-state index contributed by atoms with van der Waals surface area (Å²) >= 11 is 0. The van der Waals surface area contributed by atoms with Crippen LogP contribution in [0.5, 0.6) is 0 Å². The third kappa shape index (κ3) is 4.09. The fourth-order valence-corrected chi connectivity index (χ4v) is 3.70. The number of hydrogen-bond donors (Lipinski definition) is 1. The number of nitrogens with zero attached hydrogens (tertiary/aromatic N) is 1. The zero-order chi connectivity index (χ0) is 17.6. The zero-order valence-corrected chi connectivity index (χ0v) is 14.9. The predicted octanol–water partition coefficient (Wildman–Crippen LogP) is 2.65. The van der Waals surface area contributed by atoms with Gasteiger partial charge in [-0.3, -0.25) is 9.69 Å². The first-order valence-corrected chi connectivity index (χ1v) is 8.82. The summed E-state index contributed by atoms with van der Waals surface area (Å²) in [6.45, 7) is 1.65. The minimum Gasteiger partial charge on any atom is -0.468 e. The molecule has 0 amide bonds. The lowest BCUT2D eigenvalue weighted by molar-refractivity contribution is -0.145. The lowest BCUT2D eigenvalue weighted by atomic mass is 9.90. The van der Waals surface area contributed by atoms with E-state index in [2.05, 4.69) is 58.7 Å². The Morgan fingerprint density at radius 1 is 1.12 bits per heavy atom. The molecule has 0 saturated carbocycles. The molecule has 25 heavy (non-hydrogen) atoms. The number of rotatable bonds is 6. The van der Waals surface area contributed by atoms with Crippen LogP contribution in [0.4, 0.5) is 0 Å². The molecule has 0 bridgehead atoms. The van der Waals surface area contributed by atoms with E-state index in [1.807, 2.05) is 19.2 Å². The van der Waals surface area contributed by atoms with Crippen molar-refractivity contribution < 1.29 is 9.53 Å². The highest BCUT2D eigenvalue weighted by Gasteiger charge is 2.38. The molecule has 0 spiro atoms. The molecule has 3 rings (SSSR count). The summed E-state index contributed by atoms with van der Waals surface area (Å²) in [5.74, 6) is 0.0859. The maximum absolute atomic E-state index is 12.2. The first-order chi connectivity index (χ1) is 12.2. The summed E-state index contributed by atoms with van der Waals surface area (Å²) in [6, 6.07) is 21.2. The molecule has 1 aliphatic heterocycles. The van der Waals surface area contributed by atoms with Gasteiger partial charge in [0.2, 0.25) is 0 Å². The first kappa shape index (κ1) is 17.6. The average Bonchev–Trinajstić information content (AvgIpc) is 3.10. The van der Waals surface area contributed by atoms with Crippen molar-refractivity contribution in [1.82, 2.24) is 10.2 Å². The number of likely N-dealkylation sites (tertiary alicyclic amines) is 1. The van der Waals surface area contributed by atoms with Gasteiger partial charge < -0.3 is 10.1 Å². The van der Waals surface area contributed by atoms with Gasteiger partial charge in [0.25, 0.3) is 0 Å². The van der Waals surface area contributed by atoms with Crippen molar-refractivity contribution in [1.29, 1.82) is 0 Å². The van der Waals surface area contributed by atoms with Gasteiger partial charge in [-0.05, 0) is 24.6 Å². The van der Waals surface area contributed by atoms with Crippen molar-refractivity contribution in [2.24, 2.45) is 0 Å². The van der Waals surface area contributed by atoms with Crippen LogP contribution in [0.15, 0.2) is 60.7 Å². The molecule has 132 valence electrons. The third-order valence-electron chi connectivity index (χ3n) is 5.11. The van der Waals surface area contributed by atoms with Crippen LogP contribution in [0.3, 0.4) is 0 Å². The van der Waals surface area contributed by atoms with Crippen molar-refractivity contribution in [2.75, 3.05) is 27.2 Å². The number of esters is 1. The molecular formula is C21H26N2O2. The topological polar surface area (TPSA) is 41.6 Å². The Hall–Kier alpha value is -2.17. The van der Waals surface area contributed by atoms with Gasteiger partial charge in [0.05, 0.1) is 7.11 Å². The first-order valence-electron chi connectivity index (χ1n) is 8.82. The Morgan fingerprint density at radius 3 is 2.16 bits per heavy atom. The Morgan fingerprint density at radius 2 is 1.68 bits per heavy atom. The number of carbonyl (C=O) groups is 1. The minimum atomic E-state index is -0.183. The standard InChI is InChI=1S/C21H26N2O2/c1-22-18-13-20(21(24)25-2)23(14-18)15-19(16-9-5-3-6-10-16)17-11-7-4-8-12-17/h3-12,18-20,22H,13-15H2,1-2H3. The molecule has 4 heteroatoms. The number of likely N-dealkylation sites (N-methyl/N-ethyl adjacent to an activating group) is 1. The molecule has 2 unspecified atom stereocenters. The summed E-state index contributed by atoms with van der Waals surface area (Å²) in [6.07, 6.45) is 0.791. The lowest BCUT2D eigenvalue weighted by Crippen LogP contribution is -2.39. The highest BCUT2D eigenvalue weighted by molar-refractivity contribution is 5.76. The zero-order valence-electron chi connectivity index (χ0n) is 14.9. The van der Waals surface area contributed by atoms with Crippen LogP contribution in [0, 0.1) is 0 Å². The Labute approximate surface area is 149 Å². The maximum atomic E-state index is 12.2. The lowest BCUT2D eigenvalue weighted by Gasteiger charge is -2.28. The van der Waals surface area contributed by atoms with E-state index in [-0.39, 0.29) is 17.9 Å². The molecule has 2 aromatic rings. The van der Waals surface area contributed by atoms with Crippen molar-refractivity contribution in [2.45, 2.75) is 24.4 Å². The molecule has 1 heterocycles. The number of ether oxygens (including phenoxy) is 1. The van der Waals surface area contributed by atoms with Crippen LogP contribution in [0.1, 0.15) is 23.5 Å². The van der Waals surface area contributed by atoms with Gasteiger partial charge >= 0.3 is 5.97 Å². The minimum absolute atomic E-state index is 0.141. The molecule has 1 N–H and O–H groups in total. The van der Waals surface area contributed by atoms with E-state index in [1.54, 1.807) is 0 Å². The monoisotopic (exact) mass is 338 g/mol. The highest BCUT2D eigenvalue weighted by atomic mass is 16.5. The van der Waals surface area contributed by atoms with Gasteiger partial charge in [0.1, 0.15) is 6.04 Å². The van der Waals surface area contributed by atoms with E-state index in [1.165, 1.54) is 18.2 Å². The fourth-order valence-electron chi connectivity index (χ4n) is 3.70. The van der Waals surface area contributed by atoms with Crippen LogP contribution in [0.25, 0.3) is 0 Å². The van der Waals surface area contributed by atoms with Crippen molar-refractivity contribution in [3.63, 3.8) is 0 Å². The number of hydrogen-bond acceptors (Lipinski definition) is 4. The van der Waals surface area contributed by atoms with Gasteiger partial charge in [-0.1, -0.05) is 60.7 Å². The second-order valence-electron chi connectivity index (χ2n) is 6.59. The summed E-state index contributed by atoms with van der Waals surface area (Å²) in [4.78, 5) is 14.5. The second-order valence-corrected chi connectivity index (χ2v) is 6.59. The van der Waals surface area contributed by atoms with Crippen LogP contribution < -0.4 is 5.32 Å². The van der Waals surface area contributed by atoms with E-state index < -0.39 is 0 Å². The quantitative estimate of drug-likeness (QED) is 0.822. The number of carbonyl (C=O) groups excluding carboxylic acids is 1. The molecule has 1 saturated heterocycles. The summed E-state index contributed by atoms with van der Waals surface area (Å²) in [7, 11) is 3.42. The molecule has 4 nitrogen and oxygen atoms in total. The summed E-state index contributed by atoms with van der Waals surface area (Å²) in [5, 5.41) is 3.31. The normalized spacial score (nSPS) is 20.8. The Bertz CT molecular complexity index is 635. The molecule has 0 aromatic heterocycles. The molecule has 2 atom stereocenters. The van der Waals surface area contributed by atoms with Gasteiger partial charge in [-0.2, -0.15) is 0 Å². The average molecular weight is 338 g/mol. The number of methoxy groups -OCH3 is 1. The van der Waals surface area contributed by atoms with E-state index in [0.717, 1.165) is 19.5 Å². The van der Waals surface area contributed by atoms with Crippen LogP contribution in [0.2, 0.25) is 0 Å². The van der Waals surface area contributed by atoms with Crippen molar-refractivity contribution >= 4 is 5.97 Å². The Kier molecular flexibility index (Phi) is 5.84. The van der Waals surface area contributed by atoms with E-state index in [0.29, 0.717) is 6.04 Å². The van der Waals surface area contributed by atoms with Gasteiger partial charge in [0, 0.05) is 25.0 Å². The van der Waals surface area contributed by atoms with Crippen molar-refractivity contribution in [3.05, 3.63) is 71.8 Å². The van der Waals surface area contributed by atoms with E-state index >= 15 is 0 Å². The van der Waals surface area contributed by atoms with E-state index in [9.17, 15) is 4.79 Å². The third-order valence-corrected chi connectivity index (χ3v) is 5.11. The molecule has 1 aliphatic rings. The molecule has 2 aromatic carbocycles. The molecule has 0 radical (unpaired) electrons. The smallest absolute Gasteiger partial charge is 0.323 e. The largest absolute Gasteiger partial charge is 0.468 e. The van der Waals surface area contributed by atoms with Crippen LogP contribution in [-0.4, -0.2) is 50.2 Å². The second kappa shape index (κ2) is 8.28.